The second-order valence-electron chi connectivity index (χ2n) is 4.04. The fourth-order valence-electron chi connectivity index (χ4n) is 1.12. The Hall–Kier alpha value is 0.440. The molecule has 76 valence electrons. The van der Waals surface area contributed by atoms with Crippen LogP contribution in [0, 0.1) is 0 Å². The molecule has 0 aromatic rings. The van der Waals surface area contributed by atoms with Crippen molar-refractivity contribution in [2.75, 3.05) is 27.2 Å². The van der Waals surface area contributed by atoms with Crippen molar-refractivity contribution in [3.8, 4) is 0 Å². The third-order valence-electron chi connectivity index (χ3n) is 2.47. The Kier molecular flexibility index (Phi) is 10.0. The molecule has 0 fully saturated rings. The van der Waals surface area contributed by atoms with Gasteiger partial charge < -0.3 is 21.5 Å². The van der Waals surface area contributed by atoms with Gasteiger partial charge in [-0.05, 0) is 19.8 Å². The van der Waals surface area contributed by atoms with Crippen LogP contribution in [0.3, 0.4) is 0 Å². The molecule has 0 aromatic heterocycles. The maximum absolute atomic E-state index is 2.31. The van der Waals surface area contributed by atoms with E-state index in [1.165, 1.54) is 43.3 Å². The molecule has 0 aromatic carbocycles. The van der Waals surface area contributed by atoms with Gasteiger partial charge in [0.05, 0.1) is 27.2 Å². The van der Waals surface area contributed by atoms with E-state index in [2.05, 4.69) is 27.9 Å². The Balaban J connectivity index is 0. The number of quaternary nitrogens is 1. The van der Waals surface area contributed by atoms with Crippen molar-refractivity contribution < 1.29 is 21.5 Å². The zero-order chi connectivity index (χ0) is 8.74. The SMILES string of the molecule is CCCCCC[N+](C)(C)CC.[Br-]. The third kappa shape index (κ3) is 8.54. The maximum Gasteiger partial charge on any atom is 0.0782 e. The molecule has 0 saturated heterocycles. The molecule has 0 aliphatic rings. The van der Waals surface area contributed by atoms with Crippen LogP contribution >= 0.6 is 0 Å². The fourth-order valence-corrected chi connectivity index (χ4v) is 1.12. The second-order valence-corrected chi connectivity index (χ2v) is 4.04. The van der Waals surface area contributed by atoms with Crippen LogP contribution in [0.15, 0.2) is 0 Å². The molecule has 1 nitrogen and oxygen atoms in total. The highest BCUT2D eigenvalue weighted by Gasteiger charge is 2.09. The first kappa shape index (κ1) is 14.9. The molecular formula is C10H24BrN. The van der Waals surface area contributed by atoms with E-state index < -0.39 is 0 Å². The van der Waals surface area contributed by atoms with Crippen LogP contribution in [0.5, 0.6) is 0 Å². The molecule has 12 heavy (non-hydrogen) atoms. The Morgan fingerprint density at radius 2 is 1.50 bits per heavy atom. The van der Waals surface area contributed by atoms with Gasteiger partial charge in [-0.15, -0.1) is 0 Å². The van der Waals surface area contributed by atoms with Crippen molar-refractivity contribution >= 4 is 0 Å². The van der Waals surface area contributed by atoms with Crippen LogP contribution < -0.4 is 17.0 Å². The minimum absolute atomic E-state index is 0. The Morgan fingerprint density at radius 3 is 1.92 bits per heavy atom. The summed E-state index contributed by atoms with van der Waals surface area (Å²) >= 11 is 0. The predicted molar refractivity (Wildman–Crippen MR) is 51.7 cm³/mol. The van der Waals surface area contributed by atoms with Crippen molar-refractivity contribution in [1.29, 1.82) is 0 Å². The molecule has 0 atom stereocenters. The van der Waals surface area contributed by atoms with Gasteiger partial charge in [0.2, 0.25) is 0 Å². The van der Waals surface area contributed by atoms with Gasteiger partial charge in [0.25, 0.3) is 0 Å². The van der Waals surface area contributed by atoms with E-state index in [9.17, 15) is 0 Å². The molecule has 0 unspecified atom stereocenters. The third-order valence-corrected chi connectivity index (χ3v) is 2.47. The van der Waals surface area contributed by atoms with Gasteiger partial charge in [-0.1, -0.05) is 19.8 Å². The van der Waals surface area contributed by atoms with E-state index in [0.717, 1.165) is 0 Å². The highest BCUT2D eigenvalue weighted by Crippen LogP contribution is 2.04. The molecule has 2 heteroatoms. The van der Waals surface area contributed by atoms with Gasteiger partial charge in [0.1, 0.15) is 0 Å². The summed E-state index contributed by atoms with van der Waals surface area (Å²) in [6, 6.07) is 0. The lowest BCUT2D eigenvalue weighted by Crippen LogP contribution is -3.00. The Morgan fingerprint density at radius 1 is 0.917 bits per heavy atom. The van der Waals surface area contributed by atoms with Crippen molar-refractivity contribution in [2.24, 2.45) is 0 Å². The smallest absolute Gasteiger partial charge is 0.0782 e. The number of unbranched alkanes of at least 4 members (excludes halogenated alkanes) is 3. The number of halogens is 1. The quantitative estimate of drug-likeness (QED) is 0.439. The van der Waals surface area contributed by atoms with Gasteiger partial charge in [-0.2, -0.15) is 0 Å². The zero-order valence-corrected chi connectivity index (χ0v) is 10.7. The van der Waals surface area contributed by atoms with E-state index in [0.29, 0.717) is 0 Å². The number of nitrogens with zero attached hydrogens (tertiary/aromatic N) is 1. The monoisotopic (exact) mass is 237 g/mol. The molecule has 0 aliphatic heterocycles. The minimum Gasteiger partial charge on any atom is -1.00 e. The van der Waals surface area contributed by atoms with Gasteiger partial charge in [0.15, 0.2) is 0 Å². The minimum atomic E-state index is 0. The molecule has 0 heterocycles. The van der Waals surface area contributed by atoms with Gasteiger partial charge >= 0.3 is 0 Å². The van der Waals surface area contributed by atoms with Crippen molar-refractivity contribution in [1.82, 2.24) is 0 Å². The summed E-state index contributed by atoms with van der Waals surface area (Å²) in [5.74, 6) is 0. The molecular weight excluding hydrogens is 214 g/mol. The van der Waals surface area contributed by atoms with E-state index >= 15 is 0 Å². The molecule has 0 radical (unpaired) electrons. The first-order chi connectivity index (χ1) is 5.12. The van der Waals surface area contributed by atoms with Crippen molar-refractivity contribution in [2.45, 2.75) is 39.5 Å². The van der Waals surface area contributed by atoms with E-state index in [-0.39, 0.29) is 17.0 Å². The van der Waals surface area contributed by atoms with Crippen LogP contribution in [-0.2, 0) is 0 Å². The number of hydrogen-bond acceptors (Lipinski definition) is 0. The Labute approximate surface area is 88.5 Å². The van der Waals surface area contributed by atoms with Crippen molar-refractivity contribution in [3.05, 3.63) is 0 Å². The molecule has 0 saturated carbocycles. The van der Waals surface area contributed by atoms with Crippen LogP contribution in [0.4, 0.5) is 0 Å². The highest BCUT2D eigenvalue weighted by atomic mass is 79.9. The summed E-state index contributed by atoms with van der Waals surface area (Å²) in [4.78, 5) is 0. The summed E-state index contributed by atoms with van der Waals surface area (Å²) < 4.78 is 1.18. The van der Waals surface area contributed by atoms with Crippen molar-refractivity contribution in [3.63, 3.8) is 0 Å². The van der Waals surface area contributed by atoms with Gasteiger partial charge in [0, 0.05) is 0 Å². The maximum atomic E-state index is 2.31. The lowest BCUT2D eigenvalue weighted by atomic mass is 10.2. The molecule has 0 rings (SSSR count). The summed E-state index contributed by atoms with van der Waals surface area (Å²) in [6.07, 6.45) is 5.57. The first-order valence-corrected chi connectivity index (χ1v) is 4.94. The summed E-state index contributed by atoms with van der Waals surface area (Å²) in [7, 11) is 4.62. The topological polar surface area (TPSA) is 0 Å². The van der Waals surface area contributed by atoms with Crippen LogP contribution in [0.25, 0.3) is 0 Å². The zero-order valence-electron chi connectivity index (χ0n) is 9.07. The Bertz CT molecular complexity index is 91.8. The lowest BCUT2D eigenvalue weighted by Gasteiger charge is -2.28. The standard InChI is InChI=1S/C10H24N.BrH/c1-5-7-8-9-10-11(3,4)6-2;/h5-10H2,1-4H3;1H/q+1;/p-1. The van der Waals surface area contributed by atoms with Crippen LogP contribution in [0.2, 0.25) is 0 Å². The summed E-state index contributed by atoms with van der Waals surface area (Å²) in [6.45, 7) is 7.13. The molecule has 0 aliphatic carbocycles. The van der Waals surface area contributed by atoms with E-state index in [4.69, 9.17) is 0 Å². The van der Waals surface area contributed by atoms with E-state index in [1.54, 1.807) is 0 Å². The van der Waals surface area contributed by atoms with Crippen LogP contribution in [0.1, 0.15) is 39.5 Å². The molecule has 0 N–H and O–H groups in total. The lowest BCUT2D eigenvalue weighted by molar-refractivity contribution is -0.888. The number of rotatable bonds is 6. The molecule has 0 bridgehead atoms. The number of hydrogen-bond donors (Lipinski definition) is 0. The van der Waals surface area contributed by atoms with Crippen LogP contribution in [-0.4, -0.2) is 31.7 Å². The molecule has 0 amide bonds. The first-order valence-electron chi connectivity index (χ1n) is 4.94. The largest absolute Gasteiger partial charge is 1.00 e. The summed E-state index contributed by atoms with van der Waals surface area (Å²) in [5, 5.41) is 0. The second kappa shape index (κ2) is 8.06. The normalized spacial score (nSPS) is 11.0. The predicted octanol–water partition coefficient (Wildman–Crippen LogP) is -0.333. The highest BCUT2D eigenvalue weighted by molar-refractivity contribution is 4.39. The average Bonchev–Trinajstić information content (AvgIpc) is 1.99. The summed E-state index contributed by atoms with van der Waals surface area (Å²) in [5.41, 5.74) is 0. The van der Waals surface area contributed by atoms with Gasteiger partial charge in [-0.25, -0.2) is 0 Å². The van der Waals surface area contributed by atoms with Gasteiger partial charge in [-0.3, -0.25) is 0 Å². The molecule has 0 spiro atoms. The average molecular weight is 238 g/mol. The van der Waals surface area contributed by atoms with E-state index in [1.807, 2.05) is 0 Å². The fraction of sp³-hybridized carbons (Fsp3) is 1.00.